The van der Waals surface area contributed by atoms with E-state index in [0.29, 0.717) is 20.8 Å². The van der Waals surface area contributed by atoms with Crippen LogP contribution in [0.25, 0.3) is 0 Å². The second kappa shape index (κ2) is 6.35. The topological polar surface area (TPSA) is 20.3 Å². The molecule has 0 saturated carbocycles. The van der Waals surface area contributed by atoms with Crippen molar-refractivity contribution < 1.29 is 9.18 Å². The van der Waals surface area contributed by atoms with E-state index >= 15 is 0 Å². The molecule has 1 aromatic rings. The first-order valence-corrected chi connectivity index (χ1v) is 8.07. The van der Waals surface area contributed by atoms with Crippen LogP contribution in [0.5, 0.6) is 0 Å². The number of hydrogen-bond donors (Lipinski definition) is 0. The lowest BCUT2D eigenvalue weighted by molar-refractivity contribution is 0.0691. The molecule has 1 atom stereocenters. The fourth-order valence-corrected chi connectivity index (χ4v) is 3.42. The number of rotatable bonds is 2. The largest absolute Gasteiger partial charge is 0.339 e. The van der Waals surface area contributed by atoms with Gasteiger partial charge in [-0.1, -0.05) is 38.8 Å². The van der Waals surface area contributed by atoms with Gasteiger partial charge >= 0.3 is 0 Å². The molecule has 0 N–H and O–H groups in total. The minimum atomic E-state index is -0.387. The quantitative estimate of drug-likeness (QED) is 0.690. The molecule has 0 bridgehead atoms. The summed E-state index contributed by atoms with van der Waals surface area (Å²) in [7, 11) is 0. The van der Waals surface area contributed by atoms with Gasteiger partial charge in [0.05, 0.1) is 0 Å². The highest BCUT2D eigenvalue weighted by atomic mass is 79.9. The van der Waals surface area contributed by atoms with E-state index in [9.17, 15) is 9.18 Å². The SMILES string of the molecule is CC(Br)C1CCN(C(=O)c2cc(F)cc(Br)c2)CC1. The molecule has 0 aliphatic carbocycles. The Morgan fingerprint density at radius 3 is 2.53 bits per heavy atom. The van der Waals surface area contributed by atoms with Gasteiger partial charge in [0.1, 0.15) is 5.82 Å². The zero-order valence-corrected chi connectivity index (χ0v) is 13.9. The van der Waals surface area contributed by atoms with Gasteiger partial charge in [0.25, 0.3) is 5.91 Å². The van der Waals surface area contributed by atoms with Gasteiger partial charge in [-0.25, -0.2) is 4.39 Å². The minimum Gasteiger partial charge on any atom is -0.339 e. The monoisotopic (exact) mass is 391 g/mol. The van der Waals surface area contributed by atoms with Crippen LogP contribution in [-0.2, 0) is 0 Å². The number of hydrogen-bond acceptors (Lipinski definition) is 1. The zero-order chi connectivity index (χ0) is 14.0. The standard InChI is InChI=1S/C14H16Br2FNO/c1-9(15)10-2-4-18(5-3-10)14(19)11-6-12(16)8-13(17)7-11/h6-10H,2-5H2,1H3. The summed E-state index contributed by atoms with van der Waals surface area (Å²) in [4.78, 5) is 14.6. The van der Waals surface area contributed by atoms with Crippen LogP contribution in [0.15, 0.2) is 22.7 Å². The van der Waals surface area contributed by atoms with Crippen molar-refractivity contribution in [1.82, 2.24) is 4.90 Å². The second-order valence-electron chi connectivity index (χ2n) is 4.97. The van der Waals surface area contributed by atoms with Crippen LogP contribution in [0, 0.1) is 11.7 Å². The molecule has 104 valence electrons. The molecule has 1 aromatic carbocycles. The highest BCUT2D eigenvalue weighted by Gasteiger charge is 2.26. The Balaban J connectivity index is 2.05. The second-order valence-corrected chi connectivity index (χ2v) is 7.33. The smallest absolute Gasteiger partial charge is 0.253 e. The molecule has 1 unspecified atom stereocenters. The fraction of sp³-hybridized carbons (Fsp3) is 0.500. The first-order valence-electron chi connectivity index (χ1n) is 6.37. The molecular formula is C14H16Br2FNO. The van der Waals surface area contributed by atoms with Crippen LogP contribution >= 0.6 is 31.9 Å². The van der Waals surface area contributed by atoms with E-state index < -0.39 is 0 Å². The normalized spacial score (nSPS) is 18.4. The maximum absolute atomic E-state index is 13.3. The molecule has 5 heteroatoms. The van der Waals surface area contributed by atoms with E-state index in [4.69, 9.17) is 0 Å². The first kappa shape index (κ1) is 15.0. The molecule has 1 saturated heterocycles. The van der Waals surface area contributed by atoms with Crippen molar-refractivity contribution in [3.63, 3.8) is 0 Å². The maximum Gasteiger partial charge on any atom is 0.253 e. The molecule has 1 heterocycles. The van der Waals surface area contributed by atoms with Gasteiger partial charge in [0.2, 0.25) is 0 Å². The summed E-state index contributed by atoms with van der Waals surface area (Å²) in [5.41, 5.74) is 0.414. The van der Waals surface area contributed by atoms with Gasteiger partial charge in [0, 0.05) is 28.0 Å². The van der Waals surface area contributed by atoms with Crippen LogP contribution in [0.3, 0.4) is 0 Å². The lowest BCUT2D eigenvalue weighted by Gasteiger charge is -2.33. The molecule has 1 aliphatic rings. The van der Waals surface area contributed by atoms with Gasteiger partial charge < -0.3 is 4.90 Å². The summed E-state index contributed by atoms with van der Waals surface area (Å²) in [6, 6.07) is 4.33. The molecule has 1 fully saturated rings. The number of alkyl halides is 1. The summed E-state index contributed by atoms with van der Waals surface area (Å²) in [6.45, 7) is 3.63. The summed E-state index contributed by atoms with van der Waals surface area (Å²) in [6.07, 6.45) is 1.99. The van der Waals surface area contributed by atoms with Crippen LogP contribution in [0.1, 0.15) is 30.1 Å². The van der Waals surface area contributed by atoms with Crippen molar-refractivity contribution in [2.75, 3.05) is 13.1 Å². The third-order valence-corrected chi connectivity index (χ3v) is 4.79. The number of carbonyl (C=O) groups is 1. The number of halogens is 3. The van der Waals surface area contributed by atoms with E-state index in [-0.39, 0.29) is 11.7 Å². The van der Waals surface area contributed by atoms with Crippen molar-refractivity contribution in [1.29, 1.82) is 0 Å². The summed E-state index contributed by atoms with van der Waals surface area (Å²) in [5.74, 6) is 0.144. The van der Waals surface area contributed by atoms with Gasteiger partial charge in [-0.15, -0.1) is 0 Å². The van der Waals surface area contributed by atoms with Crippen LogP contribution in [0.2, 0.25) is 0 Å². The lowest BCUT2D eigenvalue weighted by atomic mass is 9.94. The Morgan fingerprint density at radius 2 is 2.00 bits per heavy atom. The molecule has 0 spiro atoms. The molecule has 2 nitrogen and oxygen atoms in total. The number of likely N-dealkylation sites (tertiary alicyclic amines) is 1. The molecular weight excluding hydrogens is 377 g/mol. The maximum atomic E-state index is 13.3. The first-order chi connectivity index (χ1) is 8.97. The number of piperidine rings is 1. The van der Waals surface area contributed by atoms with E-state index in [1.807, 2.05) is 4.90 Å². The highest BCUT2D eigenvalue weighted by molar-refractivity contribution is 9.10. The number of benzene rings is 1. The predicted molar refractivity (Wildman–Crippen MR) is 81.1 cm³/mol. The van der Waals surface area contributed by atoms with Crippen LogP contribution < -0.4 is 0 Å². The van der Waals surface area contributed by atoms with Gasteiger partial charge in [0.15, 0.2) is 0 Å². The van der Waals surface area contributed by atoms with Crippen LogP contribution in [0.4, 0.5) is 4.39 Å². The Hall–Kier alpha value is -0.420. The van der Waals surface area contributed by atoms with Crippen molar-refractivity contribution in [2.45, 2.75) is 24.6 Å². The van der Waals surface area contributed by atoms with Crippen molar-refractivity contribution in [2.24, 2.45) is 5.92 Å². The Bertz CT molecular complexity index is 450. The summed E-state index contributed by atoms with van der Waals surface area (Å²) >= 11 is 6.81. The van der Waals surface area contributed by atoms with E-state index in [2.05, 4.69) is 38.8 Å². The van der Waals surface area contributed by atoms with Gasteiger partial charge in [-0.3, -0.25) is 4.79 Å². The number of carbonyl (C=O) groups excluding carboxylic acids is 1. The number of nitrogens with zero attached hydrogens (tertiary/aromatic N) is 1. The molecule has 2 rings (SSSR count). The van der Waals surface area contributed by atoms with Crippen LogP contribution in [-0.4, -0.2) is 28.7 Å². The highest BCUT2D eigenvalue weighted by Crippen LogP contribution is 2.26. The van der Waals surface area contributed by atoms with E-state index in [1.165, 1.54) is 12.1 Å². The fourth-order valence-electron chi connectivity index (χ4n) is 2.42. The lowest BCUT2D eigenvalue weighted by Crippen LogP contribution is -2.40. The zero-order valence-electron chi connectivity index (χ0n) is 10.7. The average molecular weight is 393 g/mol. The predicted octanol–water partition coefficient (Wildman–Crippen LogP) is 4.22. The van der Waals surface area contributed by atoms with Gasteiger partial charge in [-0.2, -0.15) is 0 Å². The Kier molecular flexibility index (Phi) is 5.01. The van der Waals surface area contributed by atoms with Crippen molar-refractivity contribution in [3.05, 3.63) is 34.1 Å². The third-order valence-electron chi connectivity index (χ3n) is 3.59. The Labute approximate surface area is 129 Å². The Morgan fingerprint density at radius 1 is 1.37 bits per heavy atom. The molecule has 1 amide bonds. The number of amides is 1. The molecule has 0 radical (unpaired) electrons. The molecule has 1 aliphatic heterocycles. The summed E-state index contributed by atoms with van der Waals surface area (Å²) < 4.78 is 13.9. The molecule has 0 aromatic heterocycles. The third kappa shape index (κ3) is 3.78. The molecule has 19 heavy (non-hydrogen) atoms. The average Bonchev–Trinajstić information content (AvgIpc) is 2.37. The van der Waals surface area contributed by atoms with E-state index in [1.54, 1.807) is 6.07 Å². The van der Waals surface area contributed by atoms with Crippen molar-refractivity contribution in [3.8, 4) is 0 Å². The van der Waals surface area contributed by atoms with E-state index in [0.717, 1.165) is 25.9 Å². The minimum absolute atomic E-state index is 0.0825. The van der Waals surface area contributed by atoms with Crippen molar-refractivity contribution >= 4 is 37.8 Å². The van der Waals surface area contributed by atoms with Gasteiger partial charge in [-0.05, 0) is 37.0 Å². The summed E-state index contributed by atoms with van der Waals surface area (Å²) in [5, 5.41) is 0.